The first kappa shape index (κ1) is 19.9. The summed E-state index contributed by atoms with van der Waals surface area (Å²) in [4.78, 5) is 25.9. The van der Waals surface area contributed by atoms with Crippen molar-refractivity contribution >= 4 is 11.8 Å². The molecule has 1 aliphatic rings. The standard InChI is InChI=1S/C17H34N4O2/c1-12(2)16(18)17(23)20-11-15(22)19-10-14(21(3)4)13-8-6-5-7-9-13/h12-14,16H,5-11,18H2,1-4H3,(H,19,22)(H,20,23)/t14?,16-/m0/s1. The number of carbonyl (C=O) groups is 2. The van der Waals surface area contributed by atoms with Crippen LogP contribution >= 0.6 is 0 Å². The van der Waals surface area contributed by atoms with Gasteiger partial charge in [-0.3, -0.25) is 9.59 Å². The van der Waals surface area contributed by atoms with Crippen LogP contribution in [0.15, 0.2) is 0 Å². The molecule has 6 nitrogen and oxygen atoms in total. The summed E-state index contributed by atoms with van der Waals surface area (Å²) in [6.45, 7) is 4.39. The Balaban J connectivity index is 2.36. The lowest BCUT2D eigenvalue weighted by Gasteiger charge is -2.35. The normalized spacial score (nSPS) is 18.7. The number of nitrogens with two attached hydrogens (primary N) is 1. The van der Waals surface area contributed by atoms with E-state index in [0.717, 1.165) is 0 Å². The minimum atomic E-state index is -0.570. The second-order valence-corrected chi connectivity index (χ2v) is 7.22. The lowest BCUT2D eigenvalue weighted by molar-refractivity contribution is -0.127. The van der Waals surface area contributed by atoms with Gasteiger partial charge in [-0.05, 0) is 38.8 Å². The first-order valence-electron chi connectivity index (χ1n) is 8.79. The summed E-state index contributed by atoms with van der Waals surface area (Å²) in [5, 5.41) is 5.56. The molecular weight excluding hydrogens is 292 g/mol. The smallest absolute Gasteiger partial charge is 0.239 e. The van der Waals surface area contributed by atoms with Gasteiger partial charge in [0.05, 0.1) is 12.6 Å². The van der Waals surface area contributed by atoms with E-state index in [1.807, 2.05) is 13.8 Å². The van der Waals surface area contributed by atoms with Crippen molar-refractivity contribution in [2.24, 2.45) is 17.6 Å². The summed E-state index contributed by atoms with van der Waals surface area (Å²) in [7, 11) is 4.13. The third-order valence-corrected chi connectivity index (χ3v) is 4.81. The Labute approximate surface area is 140 Å². The van der Waals surface area contributed by atoms with Gasteiger partial charge in [-0.15, -0.1) is 0 Å². The van der Waals surface area contributed by atoms with Gasteiger partial charge < -0.3 is 21.3 Å². The molecule has 0 bridgehead atoms. The molecule has 0 spiro atoms. The van der Waals surface area contributed by atoms with E-state index in [1.54, 1.807) is 0 Å². The molecule has 4 N–H and O–H groups in total. The zero-order chi connectivity index (χ0) is 17.4. The number of hydrogen-bond donors (Lipinski definition) is 3. The van der Waals surface area contributed by atoms with Gasteiger partial charge in [0.15, 0.2) is 0 Å². The van der Waals surface area contributed by atoms with E-state index in [0.29, 0.717) is 18.5 Å². The Hall–Kier alpha value is -1.14. The number of hydrogen-bond acceptors (Lipinski definition) is 4. The number of nitrogens with one attached hydrogen (secondary N) is 2. The molecule has 1 rings (SSSR count). The molecule has 2 atom stereocenters. The Kier molecular flexibility index (Phi) is 8.55. The van der Waals surface area contributed by atoms with Crippen molar-refractivity contribution in [3.05, 3.63) is 0 Å². The van der Waals surface area contributed by atoms with Crippen LogP contribution in [0.3, 0.4) is 0 Å². The van der Waals surface area contributed by atoms with Crippen molar-refractivity contribution in [2.45, 2.75) is 58.0 Å². The maximum Gasteiger partial charge on any atom is 0.239 e. The molecule has 0 heterocycles. The summed E-state index contributed by atoms with van der Waals surface area (Å²) in [6.07, 6.45) is 6.36. The van der Waals surface area contributed by atoms with Gasteiger partial charge in [0.25, 0.3) is 0 Å². The van der Waals surface area contributed by atoms with Crippen LogP contribution in [-0.4, -0.2) is 56.0 Å². The average Bonchev–Trinajstić information content (AvgIpc) is 2.52. The molecule has 0 aliphatic heterocycles. The van der Waals surface area contributed by atoms with Gasteiger partial charge in [0, 0.05) is 12.6 Å². The van der Waals surface area contributed by atoms with Crippen molar-refractivity contribution < 1.29 is 9.59 Å². The topological polar surface area (TPSA) is 87.5 Å². The van der Waals surface area contributed by atoms with Gasteiger partial charge in [-0.1, -0.05) is 33.1 Å². The second-order valence-electron chi connectivity index (χ2n) is 7.22. The van der Waals surface area contributed by atoms with Crippen LogP contribution in [0.4, 0.5) is 0 Å². The fourth-order valence-electron chi connectivity index (χ4n) is 3.16. The number of rotatable bonds is 8. The summed E-state index contributed by atoms with van der Waals surface area (Å²) < 4.78 is 0. The highest BCUT2D eigenvalue weighted by Crippen LogP contribution is 2.27. The summed E-state index contributed by atoms with van der Waals surface area (Å²) in [5.74, 6) is 0.272. The summed E-state index contributed by atoms with van der Waals surface area (Å²) >= 11 is 0. The van der Waals surface area contributed by atoms with Crippen molar-refractivity contribution in [1.82, 2.24) is 15.5 Å². The highest BCUT2D eigenvalue weighted by Gasteiger charge is 2.25. The molecule has 0 aromatic rings. The maximum atomic E-state index is 12.0. The summed E-state index contributed by atoms with van der Waals surface area (Å²) in [6, 6.07) is -0.215. The number of carbonyl (C=O) groups excluding carboxylic acids is 2. The molecule has 1 unspecified atom stereocenters. The Morgan fingerprint density at radius 1 is 1.13 bits per heavy atom. The predicted molar refractivity (Wildman–Crippen MR) is 92.9 cm³/mol. The largest absolute Gasteiger partial charge is 0.353 e. The van der Waals surface area contributed by atoms with Gasteiger partial charge in [-0.25, -0.2) is 0 Å². The predicted octanol–water partition coefficient (Wildman–Crippen LogP) is 0.713. The molecule has 1 aliphatic carbocycles. The van der Waals surface area contributed by atoms with Gasteiger partial charge >= 0.3 is 0 Å². The minimum Gasteiger partial charge on any atom is -0.353 e. The van der Waals surface area contributed by atoms with Crippen LogP contribution in [0.2, 0.25) is 0 Å². The molecule has 0 aromatic heterocycles. The van der Waals surface area contributed by atoms with E-state index >= 15 is 0 Å². The molecule has 0 aromatic carbocycles. The maximum absolute atomic E-state index is 12.0. The van der Waals surface area contributed by atoms with Crippen LogP contribution < -0.4 is 16.4 Å². The molecule has 23 heavy (non-hydrogen) atoms. The van der Waals surface area contributed by atoms with Crippen molar-refractivity contribution in [3.8, 4) is 0 Å². The van der Waals surface area contributed by atoms with E-state index in [2.05, 4.69) is 29.6 Å². The fraction of sp³-hybridized carbons (Fsp3) is 0.882. The quantitative estimate of drug-likeness (QED) is 0.613. The van der Waals surface area contributed by atoms with E-state index in [4.69, 9.17) is 5.73 Å². The van der Waals surface area contributed by atoms with Crippen LogP contribution in [0.1, 0.15) is 46.0 Å². The molecule has 0 radical (unpaired) electrons. The highest BCUT2D eigenvalue weighted by atomic mass is 16.2. The van der Waals surface area contributed by atoms with Crippen molar-refractivity contribution in [2.75, 3.05) is 27.2 Å². The fourth-order valence-corrected chi connectivity index (χ4v) is 3.16. The minimum absolute atomic E-state index is 0.00985. The van der Waals surface area contributed by atoms with E-state index in [-0.39, 0.29) is 24.3 Å². The highest BCUT2D eigenvalue weighted by molar-refractivity contribution is 5.87. The molecule has 6 heteroatoms. The molecule has 1 saturated carbocycles. The third-order valence-electron chi connectivity index (χ3n) is 4.81. The first-order chi connectivity index (χ1) is 10.8. The zero-order valence-electron chi connectivity index (χ0n) is 15.1. The Morgan fingerprint density at radius 3 is 2.26 bits per heavy atom. The van der Waals surface area contributed by atoms with E-state index in [9.17, 15) is 9.59 Å². The van der Waals surface area contributed by atoms with Crippen LogP contribution in [0.25, 0.3) is 0 Å². The summed E-state index contributed by atoms with van der Waals surface area (Å²) in [5.41, 5.74) is 5.76. The molecule has 134 valence electrons. The van der Waals surface area contributed by atoms with Crippen LogP contribution in [-0.2, 0) is 9.59 Å². The zero-order valence-corrected chi connectivity index (χ0v) is 15.1. The van der Waals surface area contributed by atoms with Gasteiger partial charge in [0.1, 0.15) is 0 Å². The lowest BCUT2D eigenvalue weighted by Crippen LogP contribution is -2.50. The third kappa shape index (κ3) is 6.87. The van der Waals surface area contributed by atoms with E-state index < -0.39 is 6.04 Å². The van der Waals surface area contributed by atoms with E-state index in [1.165, 1.54) is 32.1 Å². The molecule has 1 fully saturated rings. The van der Waals surface area contributed by atoms with Crippen LogP contribution in [0, 0.1) is 11.8 Å². The second kappa shape index (κ2) is 9.88. The molecular formula is C17H34N4O2. The van der Waals surface area contributed by atoms with Crippen molar-refractivity contribution in [1.29, 1.82) is 0 Å². The van der Waals surface area contributed by atoms with Gasteiger partial charge in [0.2, 0.25) is 11.8 Å². The van der Waals surface area contributed by atoms with Crippen molar-refractivity contribution in [3.63, 3.8) is 0 Å². The average molecular weight is 326 g/mol. The first-order valence-corrected chi connectivity index (χ1v) is 8.79. The monoisotopic (exact) mass is 326 g/mol. The SMILES string of the molecule is CC(C)[C@H](N)C(=O)NCC(=O)NCC(C1CCCCC1)N(C)C. The molecule has 2 amide bonds. The number of amides is 2. The number of nitrogens with zero attached hydrogens (tertiary/aromatic N) is 1. The van der Waals surface area contributed by atoms with Crippen LogP contribution in [0.5, 0.6) is 0 Å². The Bertz CT molecular complexity index is 379. The molecule has 0 saturated heterocycles. The number of likely N-dealkylation sites (N-methyl/N-ethyl adjacent to an activating group) is 1. The van der Waals surface area contributed by atoms with Gasteiger partial charge in [-0.2, -0.15) is 0 Å². The Morgan fingerprint density at radius 2 is 1.74 bits per heavy atom. The lowest BCUT2D eigenvalue weighted by atomic mass is 9.83.